The molecule has 5 heteroatoms. The van der Waals surface area contributed by atoms with Gasteiger partial charge in [-0.3, -0.25) is 4.90 Å². The van der Waals surface area contributed by atoms with Crippen molar-refractivity contribution in [1.29, 1.82) is 0 Å². The second kappa shape index (κ2) is 7.38. The van der Waals surface area contributed by atoms with E-state index in [1.54, 1.807) is 11.3 Å². The lowest BCUT2D eigenvalue weighted by Crippen LogP contribution is -2.38. The Morgan fingerprint density at radius 1 is 1.45 bits per heavy atom. The molecule has 0 radical (unpaired) electrons. The van der Waals surface area contributed by atoms with Gasteiger partial charge in [-0.15, -0.1) is 11.3 Å². The number of likely N-dealkylation sites (tertiary alicyclic amines) is 1. The average molecular weight is 296 g/mol. The number of aryl methyl sites for hydroxylation is 1. The molecular weight excluding hydrogens is 268 g/mol. The third kappa shape index (κ3) is 3.51. The fourth-order valence-corrected chi connectivity index (χ4v) is 3.99. The number of nitrogens with zero attached hydrogens (tertiary/aromatic N) is 3. The van der Waals surface area contributed by atoms with Crippen molar-refractivity contribution >= 4 is 16.5 Å². The molecule has 0 saturated carbocycles. The van der Waals surface area contributed by atoms with Crippen molar-refractivity contribution in [2.75, 3.05) is 31.6 Å². The van der Waals surface area contributed by atoms with Crippen LogP contribution in [0.25, 0.3) is 0 Å². The molecule has 2 rings (SSSR count). The first-order valence-corrected chi connectivity index (χ1v) is 8.65. The maximum absolute atomic E-state index is 5.85. The lowest BCUT2D eigenvalue weighted by atomic mass is 10.2. The van der Waals surface area contributed by atoms with Crippen LogP contribution >= 0.6 is 11.3 Å². The van der Waals surface area contributed by atoms with Gasteiger partial charge in [-0.1, -0.05) is 20.3 Å². The van der Waals surface area contributed by atoms with Crippen LogP contribution in [-0.2, 0) is 13.0 Å². The second-order valence-corrected chi connectivity index (χ2v) is 6.69. The lowest BCUT2D eigenvalue weighted by molar-refractivity contribution is 0.270. The van der Waals surface area contributed by atoms with Crippen LogP contribution in [-0.4, -0.2) is 42.6 Å². The summed E-state index contributed by atoms with van der Waals surface area (Å²) in [5, 5.41) is 1.14. The highest BCUT2D eigenvalue weighted by Crippen LogP contribution is 2.28. The Hall–Kier alpha value is -0.650. The molecule has 114 valence electrons. The molecule has 1 atom stereocenters. The van der Waals surface area contributed by atoms with Crippen molar-refractivity contribution in [3.63, 3.8) is 0 Å². The Labute approximate surface area is 127 Å². The van der Waals surface area contributed by atoms with E-state index >= 15 is 0 Å². The molecule has 0 amide bonds. The van der Waals surface area contributed by atoms with Crippen LogP contribution in [0.1, 0.15) is 43.7 Å². The predicted octanol–water partition coefficient (Wildman–Crippen LogP) is 2.47. The van der Waals surface area contributed by atoms with Gasteiger partial charge < -0.3 is 10.6 Å². The van der Waals surface area contributed by atoms with Crippen LogP contribution in [0.4, 0.5) is 5.13 Å². The molecule has 1 unspecified atom stereocenters. The smallest absolute Gasteiger partial charge is 0.185 e. The monoisotopic (exact) mass is 296 g/mol. The summed E-state index contributed by atoms with van der Waals surface area (Å²) in [7, 11) is 2.17. The van der Waals surface area contributed by atoms with Gasteiger partial charge in [0.15, 0.2) is 5.13 Å². The van der Waals surface area contributed by atoms with Gasteiger partial charge in [0, 0.05) is 31.1 Å². The molecule has 0 spiro atoms. The van der Waals surface area contributed by atoms with Crippen molar-refractivity contribution in [2.45, 2.75) is 52.1 Å². The molecule has 20 heavy (non-hydrogen) atoms. The Balaban J connectivity index is 2.03. The standard InChI is InChI=1S/C15H28N4S/c1-4-7-13-14(10-16)20-15(17-13)18(3)11-12-8-6-9-19(12)5-2/h12H,4-11,16H2,1-3H3. The molecule has 1 aromatic rings. The second-order valence-electron chi connectivity index (χ2n) is 5.63. The fraction of sp³-hybridized carbons (Fsp3) is 0.800. The normalized spacial score (nSPS) is 19.7. The van der Waals surface area contributed by atoms with Gasteiger partial charge in [-0.05, 0) is 32.4 Å². The summed E-state index contributed by atoms with van der Waals surface area (Å²) in [6.45, 7) is 8.56. The lowest BCUT2D eigenvalue weighted by Gasteiger charge is -2.27. The molecule has 1 aliphatic heterocycles. The van der Waals surface area contributed by atoms with Crippen molar-refractivity contribution in [2.24, 2.45) is 5.73 Å². The van der Waals surface area contributed by atoms with Crippen LogP contribution in [0.2, 0.25) is 0 Å². The minimum absolute atomic E-state index is 0.616. The Morgan fingerprint density at radius 3 is 2.90 bits per heavy atom. The van der Waals surface area contributed by atoms with E-state index in [9.17, 15) is 0 Å². The molecule has 4 nitrogen and oxygen atoms in total. The zero-order chi connectivity index (χ0) is 14.5. The zero-order valence-electron chi connectivity index (χ0n) is 13.1. The highest BCUT2D eigenvalue weighted by molar-refractivity contribution is 7.15. The van der Waals surface area contributed by atoms with Crippen molar-refractivity contribution < 1.29 is 0 Å². The largest absolute Gasteiger partial charge is 0.350 e. The molecule has 0 aliphatic carbocycles. The van der Waals surface area contributed by atoms with Crippen LogP contribution < -0.4 is 10.6 Å². The number of rotatable bonds is 7. The highest BCUT2D eigenvalue weighted by Gasteiger charge is 2.25. The minimum Gasteiger partial charge on any atom is -0.350 e. The minimum atomic E-state index is 0.616. The fourth-order valence-electron chi connectivity index (χ4n) is 3.04. The summed E-state index contributed by atoms with van der Waals surface area (Å²) in [4.78, 5) is 11.0. The molecule has 1 aromatic heterocycles. The topological polar surface area (TPSA) is 45.4 Å². The first-order valence-electron chi connectivity index (χ1n) is 7.83. The van der Waals surface area contributed by atoms with E-state index in [0.29, 0.717) is 12.6 Å². The quantitative estimate of drug-likeness (QED) is 0.839. The number of likely N-dealkylation sites (N-methyl/N-ethyl adjacent to an activating group) is 2. The van der Waals surface area contributed by atoms with Gasteiger partial charge in [0.25, 0.3) is 0 Å². The van der Waals surface area contributed by atoms with E-state index in [1.165, 1.54) is 30.0 Å². The summed E-state index contributed by atoms with van der Waals surface area (Å²) in [5.74, 6) is 0. The average Bonchev–Trinajstić information content (AvgIpc) is 3.05. The molecule has 0 bridgehead atoms. The van der Waals surface area contributed by atoms with E-state index in [0.717, 1.165) is 31.1 Å². The van der Waals surface area contributed by atoms with Gasteiger partial charge >= 0.3 is 0 Å². The number of anilines is 1. The van der Waals surface area contributed by atoms with Crippen molar-refractivity contribution in [3.8, 4) is 0 Å². The number of hydrogen-bond donors (Lipinski definition) is 1. The summed E-state index contributed by atoms with van der Waals surface area (Å²) in [6, 6.07) is 0.685. The summed E-state index contributed by atoms with van der Waals surface area (Å²) < 4.78 is 0. The van der Waals surface area contributed by atoms with Crippen LogP contribution in [0.3, 0.4) is 0 Å². The van der Waals surface area contributed by atoms with Crippen LogP contribution in [0, 0.1) is 0 Å². The third-order valence-corrected chi connectivity index (χ3v) is 5.39. The maximum atomic E-state index is 5.85. The molecule has 1 aliphatic rings. The number of nitrogens with two attached hydrogens (primary N) is 1. The summed E-state index contributed by atoms with van der Waals surface area (Å²) in [6.07, 6.45) is 4.82. The Bertz CT molecular complexity index is 418. The Morgan fingerprint density at radius 2 is 2.25 bits per heavy atom. The molecular formula is C15H28N4S. The first kappa shape index (κ1) is 15.7. The van der Waals surface area contributed by atoms with E-state index in [1.807, 2.05) is 0 Å². The van der Waals surface area contributed by atoms with Gasteiger partial charge in [-0.25, -0.2) is 4.98 Å². The number of aromatic nitrogens is 1. The number of thiazole rings is 1. The van der Waals surface area contributed by atoms with Crippen molar-refractivity contribution in [1.82, 2.24) is 9.88 Å². The molecule has 2 heterocycles. The van der Waals surface area contributed by atoms with E-state index in [4.69, 9.17) is 10.7 Å². The van der Waals surface area contributed by atoms with E-state index in [-0.39, 0.29) is 0 Å². The molecule has 1 saturated heterocycles. The van der Waals surface area contributed by atoms with E-state index in [2.05, 4.69) is 30.7 Å². The van der Waals surface area contributed by atoms with Gasteiger partial charge in [0.1, 0.15) is 0 Å². The predicted molar refractivity (Wildman–Crippen MR) is 87.5 cm³/mol. The van der Waals surface area contributed by atoms with Crippen LogP contribution in [0.15, 0.2) is 0 Å². The molecule has 2 N–H and O–H groups in total. The van der Waals surface area contributed by atoms with Gasteiger partial charge in [0.2, 0.25) is 0 Å². The highest BCUT2D eigenvalue weighted by atomic mass is 32.1. The SMILES string of the molecule is CCCc1nc(N(C)CC2CCCN2CC)sc1CN. The summed E-state index contributed by atoms with van der Waals surface area (Å²) >= 11 is 1.77. The Kier molecular flexibility index (Phi) is 5.81. The maximum Gasteiger partial charge on any atom is 0.185 e. The van der Waals surface area contributed by atoms with Crippen molar-refractivity contribution in [3.05, 3.63) is 10.6 Å². The summed E-state index contributed by atoms with van der Waals surface area (Å²) in [5.41, 5.74) is 7.05. The molecule has 0 aromatic carbocycles. The molecule has 1 fully saturated rings. The van der Waals surface area contributed by atoms with Gasteiger partial charge in [-0.2, -0.15) is 0 Å². The zero-order valence-corrected chi connectivity index (χ0v) is 13.9. The van der Waals surface area contributed by atoms with Gasteiger partial charge in [0.05, 0.1) is 5.69 Å². The van der Waals surface area contributed by atoms with E-state index < -0.39 is 0 Å². The first-order chi connectivity index (χ1) is 9.69. The third-order valence-electron chi connectivity index (χ3n) is 4.16. The number of hydrogen-bond acceptors (Lipinski definition) is 5. The van der Waals surface area contributed by atoms with Crippen LogP contribution in [0.5, 0.6) is 0 Å².